The van der Waals surface area contributed by atoms with E-state index in [1.807, 2.05) is 52.0 Å². The average molecular weight is 445 g/mol. The van der Waals surface area contributed by atoms with E-state index < -0.39 is 12.1 Å². The number of carbonyl (C=O) groups excluding carboxylic acids is 3. The van der Waals surface area contributed by atoms with Crippen LogP contribution in [0.25, 0.3) is 0 Å². The van der Waals surface area contributed by atoms with Crippen molar-refractivity contribution >= 4 is 23.4 Å². The van der Waals surface area contributed by atoms with Gasteiger partial charge in [0.05, 0.1) is 6.04 Å². The third kappa shape index (κ3) is 7.33. The number of hydrogen-bond acceptors (Lipinski definition) is 4. The highest BCUT2D eigenvalue weighted by molar-refractivity contribution is 5.97. The Labute approximate surface area is 192 Å². The van der Waals surface area contributed by atoms with Gasteiger partial charge < -0.3 is 21.3 Å². The first-order valence-electron chi connectivity index (χ1n) is 11.9. The predicted molar refractivity (Wildman–Crippen MR) is 128 cm³/mol. The molecule has 1 aromatic carbocycles. The van der Waals surface area contributed by atoms with E-state index in [9.17, 15) is 14.4 Å². The first-order chi connectivity index (χ1) is 15.1. The Morgan fingerprint density at radius 3 is 2.16 bits per heavy atom. The van der Waals surface area contributed by atoms with Crippen LogP contribution in [0.4, 0.5) is 5.69 Å². The summed E-state index contributed by atoms with van der Waals surface area (Å²) in [6, 6.07) is 6.63. The normalized spacial score (nSPS) is 16.7. The van der Waals surface area contributed by atoms with Crippen LogP contribution in [0.2, 0.25) is 0 Å². The van der Waals surface area contributed by atoms with Gasteiger partial charge in [-0.25, -0.2) is 0 Å². The molecule has 2 rings (SSSR count). The van der Waals surface area contributed by atoms with E-state index in [1.54, 1.807) is 4.90 Å². The number of likely N-dealkylation sites (tertiary alicyclic amines) is 1. The lowest BCUT2D eigenvalue weighted by atomic mass is 9.93. The van der Waals surface area contributed by atoms with E-state index in [-0.39, 0.29) is 29.6 Å². The maximum atomic E-state index is 12.9. The van der Waals surface area contributed by atoms with Gasteiger partial charge in [0.15, 0.2) is 0 Å². The van der Waals surface area contributed by atoms with E-state index in [0.29, 0.717) is 38.3 Å². The first-order valence-corrected chi connectivity index (χ1v) is 11.9. The molecule has 1 fully saturated rings. The molecule has 1 aromatic rings. The van der Waals surface area contributed by atoms with Crippen molar-refractivity contribution in [2.75, 3.05) is 18.4 Å². The quantitative estimate of drug-likeness (QED) is 0.545. The molecule has 1 saturated heterocycles. The van der Waals surface area contributed by atoms with Crippen LogP contribution in [0.5, 0.6) is 0 Å². The fourth-order valence-corrected chi connectivity index (χ4v) is 4.06. The molecule has 7 nitrogen and oxygen atoms in total. The van der Waals surface area contributed by atoms with E-state index in [2.05, 4.69) is 17.6 Å². The third-order valence-corrected chi connectivity index (χ3v) is 6.10. The second kappa shape index (κ2) is 12.0. The molecule has 0 aromatic heterocycles. The van der Waals surface area contributed by atoms with Crippen LogP contribution in [0.3, 0.4) is 0 Å². The van der Waals surface area contributed by atoms with Gasteiger partial charge in [0.1, 0.15) is 6.04 Å². The molecule has 7 heteroatoms. The third-order valence-electron chi connectivity index (χ3n) is 6.10. The van der Waals surface area contributed by atoms with Gasteiger partial charge in [-0.05, 0) is 55.2 Å². The van der Waals surface area contributed by atoms with Crippen molar-refractivity contribution in [1.82, 2.24) is 10.2 Å². The summed E-state index contributed by atoms with van der Waals surface area (Å²) in [5.74, 6) is -0.279. The predicted octanol–water partition coefficient (Wildman–Crippen LogP) is 2.94. The summed E-state index contributed by atoms with van der Waals surface area (Å²) in [7, 11) is 0. The molecule has 178 valence electrons. The molecule has 2 unspecified atom stereocenters. The van der Waals surface area contributed by atoms with Gasteiger partial charge in [-0.15, -0.1) is 0 Å². The van der Waals surface area contributed by atoms with Crippen LogP contribution in [-0.2, 0) is 20.8 Å². The summed E-state index contributed by atoms with van der Waals surface area (Å²) in [4.78, 5) is 40.0. The molecule has 2 atom stereocenters. The second-order valence-corrected chi connectivity index (χ2v) is 9.61. The van der Waals surface area contributed by atoms with Gasteiger partial charge in [-0.2, -0.15) is 0 Å². The number of carbonyl (C=O) groups is 3. The van der Waals surface area contributed by atoms with Gasteiger partial charge in [0.2, 0.25) is 17.7 Å². The summed E-state index contributed by atoms with van der Waals surface area (Å²) >= 11 is 0. The number of nitrogens with two attached hydrogens (primary N) is 1. The zero-order chi connectivity index (χ0) is 23.8. The Morgan fingerprint density at radius 1 is 1.06 bits per heavy atom. The SMILES string of the molecule is CCc1ccc(NC(=O)C(NC(=O)C2CCN(C(=O)C(N)CC(C)C)CC2)C(C)C)cc1. The number of piperidine rings is 1. The standard InChI is InChI=1S/C25H40N4O3/c1-6-18-7-9-20(10-8-18)27-24(31)22(17(4)5)28-23(30)19-11-13-29(14-12-19)25(32)21(26)15-16(2)3/h7-10,16-17,19,21-22H,6,11-15,26H2,1-5H3,(H,27,31)(H,28,30). The molecular formula is C25H40N4O3. The molecule has 3 amide bonds. The highest BCUT2D eigenvalue weighted by atomic mass is 16.2. The number of aryl methyl sites for hydroxylation is 1. The highest BCUT2D eigenvalue weighted by Gasteiger charge is 2.32. The van der Waals surface area contributed by atoms with E-state index in [1.165, 1.54) is 5.56 Å². The number of nitrogens with one attached hydrogen (secondary N) is 2. The maximum Gasteiger partial charge on any atom is 0.247 e. The molecule has 1 heterocycles. The Morgan fingerprint density at radius 2 is 1.66 bits per heavy atom. The average Bonchev–Trinajstić information content (AvgIpc) is 2.76. The van der Waals surface area contributed by atoms with Crippen molar-refractivity contribution < 1.29 is 14.4 Å². The fraction of sp³-hybridized carbons (Fsp3) is 0.640. The van der Waals surface area contributed by atoms with Crippen molar-refractivity contribution in [2.45, 2.75) is 72.4 Å². The van der Waals surface area contributed by atoms with Gasteiger partial charge in [-0.1, -0.05) is 46.8 Å². The lowest BCUT2D eigenvalue weighted by Gasteiger charge is -2.34. The Bertz CT molecular complexity index is 768. The lowest BCUT2D eigenvalue weighted by Crippen LogP contribution is -2.52. The van der Waals surface area contributed by atoms with Crippen LogP contribution >= 0.6 is 0 Å². The first kappa shape index (κ1) is 25.8. The number of benzene rings is 1. The van der Waals surface area contributed by atoms with Crippen molar-refractivity contribution in [3.8, 4) is 0 Å². The summed E-state index contributed by atoms with van der Waals surface area (Å²) in [5.41, 5.74) is 7.96. The smallest absolute Gasteiger partial charge is 0.247 e. The van der Waals surface area contributed by atoms with Crippen molar-refractivity contribution in [1.29, 1.82) is 0 Å². The number of anilines is 1. The molecule has 0 bridgehead atoms. The van der Waals surface area contributed by atoms with Gasteiger partial charge >= 0.3 is 0 Å². The van der Waals surface area contributed by atoms with Crippen LogP contribution in [0, 0.1) is 17.8 Å². The lowest BCUT2D eigenvalue weighted by molar-refractivity contribution is -0.137. The molecule has 32 heavy (non-hydrogen) atoms. The summed E-state index contributed by atoms with van der Waals surface area (Å²) < 4.78 is 0. The Balaban J connectivity index is 1.90. The highest BCUT2D eigenvalue weighted by Crippen LogP contribution is 2.20. The zero-order valence-corrected chi connectivity index (χ0v) is 20.2. The van der Waals surface area contributed by atoms with E-state index in [4.69, 9.17) is 5.73 Å². The van der Waals surface area contributed by atoms with Crippen LogP contribution < -0.4 is 16.4 Å². The minimum absolute atomic E-state index is 0.0360. The van der Waals surface area contributed by atoms with Crippen LogP contribution in [-0.4, -0.2) is 47.8 Å². The Hall–Kier alpha value is -2.41. The van der Waals surface area contributed by atoms with Crippen LogP contribution in [0.15, 0.2) is 24.3 Å². The van der Waals surface area contributed by atoms with E-state index in [0.717, 1.165) is 12.1 Å². The molecule has 0 aliphatic carbocycles. The topological polar surface area (TPSA) is 105 Å². The van der Waals surface area contributed by atoms with Crippen LogP contribution in [0.1, 0.15) is 59.4 Å². The van der Waals surface area contributed by atoms with Gasteiger partial charge in [-0.3, -0.25) is 14.4 Å². The van der Waals surface area contributed by atoms with Crippen molar-refractivity contribution in [3.05, 3.63) is 29.8 Å². The number of amides is 3. The maximum absolute atomic E-state index is 12.9. The fourth-order valence-electron chi connectivity index (χ4n) is 4.06. The molecule has 1 aliphatic heterocycles. The number of nitrogens with zero attached hydrogens (tertiary/aromatic N) is 1. The minimum Gasteiger partial charge on any atom is -0.344 e. The van der Waals surface area contributed by atoms with Crippen molar-refractivity contribution in [2.24, 2.45) is 23.5 Å². The molecule has 4 N–H and O–H groups in total. The largest absolute Gasteiger partial charge is 0.344 e. The second-order valence-electron chi connectivity index (χ2n) is 9.61. The summed E-state index contributed by atoms with van der Waals surface area (Å²) in [6.45, 7) is 11.1. The van der Waals surface area contributed by atoms with E-state index >= 15 is 0 Å². The summed E-state index contributed by atoms with van der Waals surface area (Å²) in [6.07, 6.45) is 2.76. The monoisotopic (exact) mass is 444 g/mol. The minimum atomic E-state index is -0.618. The number of rotatable bonds is 9. The van der Waals surface area contributed by atoms with Gasteiger partial charge in [0, 0.05) is 24.7 Å². The zero-order valence-electron chi connectivity index (χ0n) is 20.2. The van der Waals surface area contributed by atoms with Gasteiger partial charge in [0.25, 0.3) is 0 Å². The molecule has 0 radical (unpaired) electrons. The van der Waals surface area contributed by atoms with Crippen molar-refractivity contribution in [3.63, 3.8) is 0 Å². The molecule has 0 saturated carbocycles. The molecule has 1 aliphatic rings. The summed E-state index contributed by atoms with van der Waals surface area (Å²) in [5, 5.41) is 5.85. The Kier molecular flexibility index (Phi) is 9.69. The molecule has 0 spiro atoms. The molecular weight excluding hydrogens is 404 g/mol. The number of hydrogen-bond donors (Lipinski definition) is 3.